The molecular formula is C35H38FN5O4Si. The molecule has 0 aliphatic carbocycles. The Bertz CT molecular complexity index is 1790. The van der Waals surface area contributed by atoms with E-state index < -0.39 is 31.6 Å². The molecule has 1 aromatic heterocycles. The summed E-state index contributed by atoms with van der Waals surface area (Å²) in [4.78, 5) is 28.8. The van der Waals surface area contributed by atoms with Crippen molar-refractivity contribution in [3.05, 3.63) is 101 Å². The molecular weight excluding hydrogens is 602 g/mol. The Kier molecular flexibility index (Phi) is 7.65. The molecule has 3 aromatic carbocycles. The van der Waals surface area contributed by atoms with Gasteiger partial charge in [-0.25, -0.2) is 0 Å². The lowest BCUT2D eigenvalue weighted by atomic mass is 9.82. The summed E-state index contributed by atoms with van der Waals surface area (Å²) in [6.07, 6.45) is 2.76. The minimum Gasteiger partial charge on any atom is -0.395 e. The Balaban J connectivity index is 1.19. The van der Waals surface area contributed by atoms with Crippen LogP contribution in [-0.2, 0) is 32.9 Å². The molecule has 3 aliphatic heterocycles. The van der Waals surface area contributed by atoms with Gasteiger partial charge in [-0.1, -0.05) is 60.7 Å². The first-order chi connectivity index (χ1) is 22.1. The zero-order valence-corrected chi connectivity index (χ0v) is 27.2. The largest absolute Gasteiger partial charge is 0.395 e. The molecule has 1 unspecified atom stereocenters. The zero-order chi connectivity index (χ0) is 32.2. The van der Waals surface area contributed by atoms with Crippen molar-refractivity contribution in [2.45, 2.75) is 69.0 Å². The fourth-order valence-corrected chi connectivity index (χ4v) is 10.4. The van der Waals surface area contributed by atoms with Crippen molar-refractivity contribution in [1.82, 2.24) is 15.0 Å². The van der Waals surface area contributed by atoms with Gasteiger partial charge in [-0.05, 0) is 61.3 Å². The summed E-state index contributed by atoms with van der Waals surface area (Å²) in [6.45, 7) is 5.57. The number of amides is 2. The van der Waals surface area contributed by atoms with Crippen LogP contribution in [0.25, 0.3) is 0 Å². The molecule has 238 valence electrons. The van der Waals surface area contributed by atoms with Gasteiger partial charge in [0.1, 0.15) is 0 Å². The van der Waals surface area contributed by atoms with Crippen LogP contribution < -0.4 is 10.2 Å². The molecule has 46 heavy (non-hydrogen) atoms. The van der Waals surface area contributed by atoms with Crippen molar-refractivity contribution in [3.8, 4) is 0 Å². The quantitative estimate of drug-likeness (QED) is 0.186. The number of fused-ring (bicyclic) bond motifs is 3. The Morgan fingerprint density at radius 3 is 2.61 bits per heavy atom. The highest BCUT2D eigenvalue weighted by atomic mass is 28.4. The number of benzene rings is 3. The zero-order valence-electron chi connectivity index (χ0n) is 26.2. The minimum absolute atomic E-state index is 0.0127. The maximum atomic E-state index is 16.2. The second-order valence-corrected chi connectivity index (χ2v) is 16.9. The van der Waals surface area contributed by atoms with Crippen LogP contribution in [0.4, 0.5) is 21.2 Å². The van der Waals surface area contributed by atoms with E-state index >= 15 is 4.11 Å². The highest BCUT2D eigenvalue weighted by Gasteiger charge is 2.65. The molecule has 1 saturated heterocycles. The number of aryl methyl sites for hydroxylation is 2. The number of aliphatic hydroxyl groups is 1. The number of carbonyl (C=O) groups is 2. The van der Waals surface area contributed by atoms with Gasteiger partial charge in [0, 0.05) is 47.6 Å². The van der Waals surface area contributed by atoms with Crippen LogP contribution in [0.2, 0.25) is 18.6 Å². The minimum atomic E-state index is -3.35. The Labute approximate surface area is 268 Å². The number of rotatable bonds is 8. The molecule has 0 bridgehead atoms. The summed E-state index contributed by atoms with van der Waals surface area (Å²) in [5.41, 5.74) is 3.57. The number of hydrogen-bond acceptors (Lipinski definition) is 6. The summed E-state index contributed by atoms with van der Waals surface area (Å²) >= 11 is 0. The van der Waals surface area contributed by atoms with Crippen LogP contribution in [0.5, 0.6) is 0 Å². The van der Waals surface area contributed by atoms with Gasteiger partial charge >= 0.3 is 0 Å². The summed E-state index contributed by atoms with van der Waals surface area (Å²) < 4.78 is 24.7. The van der Waals surface area contributed by atoms with Crippen molar-refractivity contribution < 1.29 is 23.5 Å². The van der Waals surface area contributed by atoms with E-state index in [1.165, 1.54) is 0 Å². The molecule has 2 N–H and O–H groups in total. The van der Waals surface area contributed by atoms with Crippen molar-refractivity contribution in [2.75, 3.05) is 16.8 Å². The van der Waals surface area contributed by atoms with Gasteiger partial charge in [0.2, 0.25) is 14.3 Å². The van der Waals surface area contributed by atoms with Crippen molar-refractivity contribution in [2.24, 2.45) is 5.92 Å². The SMILES string of the molecule is C[C@@H]1[C@@H]([Si](C)(C)F)[C@H](CCn2cc(C(CO)c3ccccc3)nn2)O[C@@]12C(=O)Nc1ccc(N3C(=O)CCc4ccccc43)cc12. The van der Waals surface area contributed by atoms with E-state index in [0.717, 1.165) is 16.8 Å². The summed E-state index contributed by atoms with van der Waals surface area (Å²) in [7, 11) is -3.35. The number of hydrogen-bond donors (Lipinski definition) is 2. The lowest BCUT2D eigenvalue weighted by Gasteiger charge is -2.32. The maximum absolute atomic E-state index is 16.2. The highest BCUT2D eigenvalue weighted by Crippen LogP contribution is 2.59. The van der Waals surface area contributed by atoms with Crippen LogP contribution in [0.15, 0.2) is 79.0 Å². The predicted octanol–water partition coefficient (Wildman–Crippen LogP) is 5.83. The Morgan fingerprint density at radius 2 is 1.85 bits per heavy atom. The predicted molar refractivity (Wildman–Crippen MR) is 175 cm³/mol. The molecule has 2 amide bonds. The molecule has 9 nitrogen and oxygen atoms in total. The lowest BCUT2D eigenvalue weighted by molar-refractivity contribution is -0.143. The summed E-state index contributed by atoms with van der Waals surface area (Å²) in [5, 5.41) is 21.7. The monoisotopic (exact) mass is 639 g/mol. The van der Waals surface area contributed by atoms with Gasteiger partial charge in [0.25, 0.3) is 5.91 Å². The van der Waals surface area contributed by atoms with Crippen molar-refractivity contribution in [3.63, 3.8) is 0 Å². The molecule has 1 spiro atoms. The average molecular weight is 640 g/mol. The van der Waals surface area contributed by atoms with E-state index in [1.807, 2.05) is 85.9 Å². The number of halogens is 1. The smallest absolute Gasteiger partial charge is 0.261 e. The van der Waals surface area contributed by atoms with Crippen molar-refractivity contribution >= 4 is 37.3 Å². The first-order valence-corrected chi connectivity index (χ1v) is 18.9. The molecule has 3 aliphatic rings. The van der Waals surface area contributed by atoms with Crippen LogP contribution in [0.3, 0.4) is 0 Å². The molecule has 0 saturated carbocycles. The van der Waals surface area contributed by atoms with E-state index in [0.29, 0.717) is 48.4 Å². The number of para-hydroxylation sites is 1. The fraction of sp³-hybridized carbons (Fsp3) is 0.371. The van der Waals surface area contributed by atoms with Gasteiger partial charge in [-0.15, -0.1) is 5.10 Å². The van der Waals surface area contributed by atoms with Gasteiger partial charge < -0.3 is 19.3 Å². The van der Waals surface area contributed by atoms with Crippen LogP contribution in [0.1, 0.15) is 48.1 Å². The first-order valence-electron chi connectivity index (χ1n) is 15.9. The maximum Gasteiger partial charge on any atom is 0.261 e. The first kappa shape index (κ1) is 30.5. The molecule has 4 heterocycles. The van der Waals surface area contributed by atoms with Gasteiger partial charge in [0.05, 0.1) is 30.0 Å². The lowest BCUT2D eigenvalue weighted by Crippen LogP contribution is -2.42. The van der Waals surface area contributed by atoms with E-state index in [-0.39, 0.29) is 24.3 Å². The van der Waals surface area contributed by atoms with E-state index in [9.17, 15) is 14.7 Å². The third-order valence-corrected chi connectivity index (χ3v) is 12.4. The topological polar surface area (TPSA) is 110 Å². The standard InChI is InChI=1S/C35H38FN5O4Si/c1-22-33(46(2,3)36)31(17-18-40-20-29(38-39-40)26(21-42)23-9-5-4-6-10-23)45-35(22)27-19-25(14-15-28(27)37-34(35)44)41-30-12-8-7-11-24(30)13-16-32(41)43/h4-12,14-15,19-20,22,26,31,33,42H,13,16-18,21H2,1-3H3,(H,37,44)/t22-,26?,31+,33-,35+/m1/s1. The second kappa shape index (κ2) is 11.6. The third kappa shape index (κ3) is 4.97. The summed E-state index contributed by atoms with van der Waals surface area (Å²) in [5.74, 6) is -1.08. The van der Waals surface area contributed by atoms with Crippen LogP contribution in [-0.4, -0.2) is 53.0 Å². The average Bonchev–Trinajstić information content (AvgIpc) is 3.71. The molecule has 0 radical (unpaired) electrons. The third-order valence-electron chi connectivity index (χ3n) is 9.99. The van der Waals surface area contributed by atoms with Crippen molar-refractivity contribution in [1.29, 1.82) is 0 Å². The Morgan fingerprint density at radius 1 is 1.09 bits per heavy atom. The van der Waals surface area contributed by atoms with E-state index in [2.05, 4.69) is 15.6 Å². The fourth-order valence-electron chi connectivity index (χ4n) is 7.87. The highest BCUT2D eigenvalue weighted by molar-refractivity contribution is 6.72. The van der Waals surface area contributed by atoms with Gasteiger partial charge in [-0.3, -0.25) is 19.2 Å². The second-order valence-electron chi connectivity index (χ2n) is 13.2. The number of anilines is 3. The number of aliphatic hydroxyl groups excluding tert-OH is 1. The van der Waals surface area contributed by atoms with Crippen LogP contribution in [0, 0.1) is 5.92 Å². The molecule has 4 aromatic rings. The molecule has 11 heteroatoms. The van der Waals surface area contributed by atoms with Crippen LogP contribution >= 0.6 is 0 Å². The molecule has 1 fully saturated rings. The number of carbonyl (C=O) groups excluding carboxylic acids is 2. The number of nitrogens with zero attached hydrogens (tertiary/aromatic N) is 4. The number of aromatic nitrogens is 3. The number of nitrogens with one attached hydrogen (secondary N) is 1. The summed E-state index contributed by atoms with van der Waals surface area (Å²) in [6, 6.07) is 23.0. The Hall–Kier alpha value is -4.19. The van der Waals surface area contributed by atoms with Gasteiger partial charge in [-0.2, -0.15) is 0 Å². The van der Waals surface area contributed by atoms with E-state index in [1.54, 1.807) is 22.7 Å². The van der Waals surface area contributed by atoms with E-state index in [4.69, 9.17) is 4.74 Å². The normalized spacial score (nSPS) is 24.6. The number of ether oxygens (including phenoxy) is 1. The molecule has 7 rings (SSSR count). The molecule has 5 atom stereocenters. The van der Waals surface area contributed by atoms with Gasteiger partial charge in [0.15, 0.2) is 5.60 Å².